The normalized spacial score (nSPS) is 10.9. The fourth-order valence-electron chi connectivity index (χ4n) is 3.15. The monoisotopic (exact) mass is 420 g/mol. The molecule has 0 saturated carbocycles. The molecule has 4 rings (SSSR count). The van der Waals surface area contributed by atoms with Crippen molar-refractivity contribution in [3.05, 3.63) is 88.3 Å². The van der Waals surface area contributed by atoms with Gasteiger partial charge in [-0.3, -0.25) is 4.79 Å². The number of benzene rings is 2. The van der Waals surface area contributed by atoms with Crippen LogP contribution in [0.3, 0.4) is 0 Å². The van der Waals surface area contributed by atoms with Crippen molar-refractivity contribution in [2.45, 2.75) is 19.9 Å². The summed E-state index contributed by atoms with van der Waals surface area (Å²) >= 11 is 1.65. The summed E-state index contributed by atoms with van der Waals surface area (Å²) in [6, 6.07) is 15.9. The van der Waals surface area contributed by atoms with Crippen LogP contribution < -0.4 is 10.6 Å². The van der Waals surface area contributed by atoms with Crippen LogP contribution in [0.5, 0.6) is 0 Å². The average molecular weight is 421 g/mol. The molecule has 2 aromatic heterocycles. The van der Waals surface area contributed by atoms with Gasteiger partial charge < -0.3 is 10.6 Å². The van der Waals surface area contributed by atoms with Crippen LogP contribution in [-0.4, -0.2) is 22.4 Å². The molecule has 2 N–H and O–H groups in total. The summed E-state index contributed by atoms with van der Waals surface area (Å²) < 4.78 is 12.9. The van der Waals surface area contributed by atoms with E-state index in [2.05, 4.69) is 33.6 Å². The molecule has 5 nitrogen and oxygen atoms in total. The van der Waals surface area contributed by atoms with Crippen LogP contribution in [0.1, 0.15) is 26.4 Å². The number of rotatable bonds is 7. The Labute approximate surface area is 178 Å². The van der Waals surface area contributed by atoms with Gasteiger partial charge in [-0.15, -0.1) is 11.3 Å². The predicted molar refractivity (Wildman–Crippen MR) is 118 cm³/mol. The molecule has 2 aromatic carbocycles. The van der Waals surface area contributed by atoms with Crippen LogP contribution in [-0.2, 0) is 13.0 Å². The van der Waals surface area contributed by atoms with Gasteiger partial charge in [0.2, 0.25) is 0 Å². The molecule has 2 heterocycles. The van der Waals surface area contributed by atoms with Gasteiger partial charge in [0.25, 0.3) is 5.91 Å². The topological polar surface area (TPSA) is 66.9 Å². The van der Waals surface area contributed by atoms with Crippen LogP contribution in [0.15, 0.2) is 60.9 Å². The molecule has 0 spiro atoms. The van der Waals surface area contributed by atoms with E-state index < -0.39 is 0 Å². The summed E-state index contributed by atoms with van der Waals surface area (Å²) in [6.07, 6.45) is 2.23. The second-order valence-electron chi connectivity index (χ2n) is 6.98. The molecule has 152 valence electrons. The lowest BCUT2D eigenvalue weighted by molar-refractivity contribution is 0.0954. The van der Waals surface area contributed by atoms with Gasteiger partial charge in [-0.25, -0.2) is 14.4 Å². The minimum Gasteiger partial charge on any atom is -0.365 e. The van der Waals surface area contributed by atoms with E-state index in [-0.39, 0.29) is 11.7 Å². The first-order valence-corrected chi connectivity index (χ1v) is 10.5. The van der Waals surface area contributed by atoms with Gasteiger partial charge in [-0.05, 0) is 54.8 Å². The van der Waals surface area contributed by atoms with Gasteiger partial charge in [-0.1, -0.05) is 24.3 Å². The molecule has 0 radical (unpaired) electrons. The second-order valence-corrected chi connectivity index (χ2v) is 8.22. The first-order chi connectivity index (χ1) is 14.6. The van der Waals surface area contributed by atoms with E-state index in [9.17, 15) is 9.18 Å². The molecule has 0 unspecified atom stereocenters. The SMILES string of the molecule is Cc1cc2c(NCc3ccc(C(=O)NCCc4ccc(F)cc4)cc3)ncnc2s1. The second kappa shape index (κ2) is 9.00. The number of halogens is 1. The Hall–Kier alpha value is -3.32. The van der Waals surface area contributed by atoms with Crippen LogP contribution in [0, 0.1) is 12.7 Å². The number of nitrogens with one attached hydrogen (secondary N) is 2. The molecule has 0 bridgehead atoms. The van der Waals surface area contributed by atoms with Gasteiger partial charge in [0.15, 0.2) is 0 Å². The fourth-order valence-corrected chi connectivity index (χ4v) is 4.00. The van der Waals surface area contributed by atoms with Crippen molar-refractivity contribution < 1.29 is 9.18 Å². The Morgan fingerprint density at radius 3 is 2.53 bits per heavy atom. The van der Waals surface area contributed by atoms with E-state index in [1.807, 2.05) is 24.3 Å². The van der Waals surface area contributed by atoms with Gasteiger partial charge in [0.05, 0.1) is 5.39 Å². The van der Waals surface area contributed by atoms with Crippen molar-refractivity contribution in [3.8, 4) is 0 Å². The number of carbonyl (C=O) groups is 1. The molecule has 7 heteroatoms. The minimum atomic E-state index is -0.257. The number of fused-ring (bicyclic) bond motifs is 1. The van der Waals surface area contributed by atoms with E-state index in [4.69, 9.17) is 0 Å². The number of hydrogen-bond acceptors (Lipinski definition) is 5. The lowest BCUT2D eigenvalue weighted by atomic mass is 10.1. The van der Waals surface area contributed by atoms with Crippen molar-refractivity contribution in [3.63, 3.8) is 0 Å². The number of amides is 1. The summed E-state index contributed by atoms with van der Waals surface area (Å²) in [5, 5.41) is 7.27. The zero-order chi connectivity index (χ0) is 20.9. The molecule has 0 fully saturated rings. The van der Waals surface area contributed by atoms with E-state index in [0.29, 0.717) is 25.1 Å². The Morgan fingerprint density at radius 1 is 1.03 bits per heavy atom. The van der Waals surface area contributed by atoms with Crippen molar-refractivity contribution in [2.24, 2.45) is 0 Å². The summed E-state index contributed by atoms with van der Waals surface area (Å²) in [6.45, 7) is 3.16. The molecular weight excluding hydrogens is 399 g/mol. The van der Waals surface area contributed by atoms with Crippen molar-refractivity contribution in [1.82, 2.24) is 15.3 Å². The molecule has 30 heavy (non-hydrogen) atoms. The molecule has 1 amide bonds. The first-order valence-electron chi connectivity index (χ1n) is 9.65. The third-order valence-corrected chi connectivity index (χ3v) is 5.70. The van der Waals surface area contributed by atoms with Gasteiger partial charge in [0.1, 0.15) is 22.8 Å². The number of aromatic nitrogens is 2. The highest BCUT2D eigenvalue weighted by Gasteiger charge is 2.08. The summed E-state index contributed by atoms with van der Waals surface area (Å²) in [7, 11) is 0. The third-order valence-electron chi connectivity index (χ3n) is 4.74. The average Bonchev–Trinajstić information content (AvgIpc) is 3.14. The van der Waals surface area contributed by atoms with Crippen LogP contribution in [0.25, 0.3) is 10.2 Å². The smallest absolute Gasteiger partial charge is 0.251 e. The minimum absolute atomic E-state index is 0.122. The molecule has 0 aliphatic rings. The van der Waals surface area contributed by atoms with Crippen LogP contribution >= 0.6 is 11.3 Å². The third kappa shape index (κ3) is 4.80. The van der Waals surface area contributed by atoms with E-state index in [1.54, 1.807) is 29.8 Å². The van der Waals surface area contributed by atoms with Gasteiger partial charge in [-0.2, -0.15) is 0 Å². The van der Waals surface area contributed by atoms with Crippen LogP contribution in [0.2, 0.25) is 0 Å². The lowest BCUT2D eigenvalue weighted by Gasteiger charge is -2.08. The Morgan fingerprint density at radius 2 is 1.77 bits per heavy atom. The molecule has 0 aliphatic carbocycles. The van der Waals surface area contributed by atoms with E-state index in [0.717, 1.165) is 27.2 Å². The number of carbonyl (C=O) groups excluding carboxylic acids is 1. The quantitative estimate of drug-likeness (QED) is 0.454. The first kappa shape index (κ1) is 20.0. The maximum absolute atomic E-state index is 12.9. The maximum atomic E-state index is 12.9. The number of hydrogen-bond donors (Lipinski definition) is 2. The molecule has 0 atom stereocenters. The number of anilines is 1. The van der Waals surface area contributed by atoms with Gasteiger partial charge in [0, 0.05) is 23.5 Å². The zero-order valence-corrected chi connectivity index (χ0v) is 17.3. The standard InChI is InChI=1S/C23H21FN4OS/c1-15-12-20-21(27-14-28-23(20)30-15)26-13-17-2-6-18(7-3-17)22(29)25-11-10-16-4-8-19(24)9-5-16/h2-9,12,14H,10-11,13H2,1H3,(H,25,29)(H,26,27,28). The van der Waals surface area contributed by atoms with Crippen molar-refractivity contribution >= 4 is 33.3 Å². The fraction of sp³-hybridized carbons (Fsp3) is 0.174. The largest absolute Gasteiger partial charge is 0.365 e. The number of nitrogens with zero attached hydrogens (tertiary/aromatic N) is 2. The van der Waals surface area contributed by atoms with Crippen molar-refractivity contribution in [2.75, 3.05) is 11.9 Å². The summed E-state index contributed by atoms with van der Waals surface area (Å²) in [4.78, 5) is 23.1. The van der Waals surface area contributed by atoms with E-state index in [1.165, 1.54) is 17.0 Å². The van der Waals surface area contributed by atoms with Gasteiger partial charge >= 0.3 is 0 Å². The molecular formula is C23H21FN4OS. The van der Waals surface area contributed by atoms with Crippen molar-refractivity contribution in [1.29, 1.82) is 0 Å². The Bertz CT molecular complexity index is 1160. The highest BCUT2D eigenvalue weighted by Crippen LogP contribution is 2.27. The highest BCUT2D eigenvalue weighted by atomic mass is 32.1. The lowest BCUT2D eigenvalue weighted by Crippen LogP contribution is -2.25. The number of thiophene rings is 1. The molecule has 0 aliphatic heterocycles. The van der Waals surface area contributed by atoms with E-state index >= 15 is 0 Å². The summed E-state index contributed by atoms with van der Waals surface area (Å²) in [5.41, 5.74) is 2.64. The Balaban J connectivity index is 1.31. The highest BCUT2D eigenvalue weighted by molar-refractivity contribution is 7.18. The van der Waals surface area contributed by atoms with Crippen LogP contribution in [0.4, 0.5) is 10.2 Å². The summed E-state index contributed by atoms with van der Waals surface area (Å²) in [5.74, 6) is 0.432. The molecule has 0 saturated heterocycles. The number of aryl methyl sites for hydroxylation is 1. The zero-order valence-electron chi connectivity index (χ0n) is 16.5. The Kier molecular flexibility index (Phi) is 5.99. The molecule has 4 aromatic rings. The predicted octanol–water partition coefficient (Wildman–Crippen LogP) is 4.72. The maximum Gasteiger partial charge on any atom is 0.251 e.